The third-order valence-electron chi connectivity index (χ3n) is 3.74. The smallest absolute Gasteiger partial charge is 0.343 e. The molecule has 0 fully saturated rings. The lowest BCUT2D eigenvalue weighted by molar-refractivity contribution is -0.384. The summed E-state index contributed by atoms with van der Waals surface area (Å²) in [7, 11) is 0. The first kappa shape index (κ1) is 16.4. The summed E-state index contributed by atoms with van der Waals surface area (Å²) in [6, 6.07) is 20.7. The van der Waals surface area contributed by atoms with Crippen molar-refractivity contribution in [3.05, 3.63) is 94.0 Å². The summed E-state index contributed by atoms with van der Waals surface area (Å²) in [5.41, 5.74) is 3.49. The van der Waals surface area contributed by atoms with Crippen molar-refractivity contribution in [2.24, 2.45) is 0 Å². The lowest BCUT2D eigenvalue weighted by atomic mass is 10.0. The molecule has 0 radical (unpaired) electrons. The molecule has 5 heteroatoms. The van der Waals surface area contributed by atoms with Crippen molar-refractivity contribution >= 4 is 11.7 Å². The van der Waals surface area contributed by atoms with Gasteiger partial charge >= 0.3 is 5.97 Å². The van der Waals surface area contributed by atoms with Crippen LogP contribution < -0.4 is 4.74 Å². The van der Waals surface area contributed by atoms with E-state index in [1.807, 2.05) is 43.3 Å². The maximum absolute atomic E-state index is 12.2. The Labute approximate surface area is 144 Å². The van der Waals surface area contributed by atoms with Crippen LogP contribution in [0.5, 0.6) is 5.75 Å². The van der Waals surface area contributed by atoms with Gasteiger partial charge in [-0.05, 0) is 36.2 Å². The third kappa shape index (κ3) is 3.90. The second-order valence-electron chi connectivity index (χ2n) is 5.59. The van der Waals surface area contributed by atoms with Gasteiger partial charge in [0, 0.05) is 6.07 Å². The second-order valence-corrected chi connectivity index (χ2v) is 5.59. The first-order valence-corrected chi connectivity index (χ1v) is 7.67. The molecule has 0 aromatic heterocycles. The Morgan fingerprint density at radius 2 is 1.52 bits per heavy atom. The van der Waals surface area contributed by atoms with Gasteiger partial charge in [0.2, 0.25) is 0 Å². The Balaban J connectivity index is 1.75. The van der Waals surface area contributed by atoms with E-state index in [1.54, 1.807) is 12.1 Å². The Bertz CT molecular complexity index is 915. The largest absolute Gasteiger partial charge is 0.423 e. The van der Waals surface area contributed by atoms with Crippen LogP contribution in [-0.2, 0) is 0 Å². The number of benzene rings is 3. The van der Waals surface area contributed by atoms with Crippen molar-refractivity contribution in [2.45, 2.75) is 6.92 Å². The van der Waals surface area contributed by atoms with Crippen LogP contribution in [0.3, 0.4) is 0 Å². The number of non-ortho nitro benzene ring substituents is 1. The summed E-state index contributed by atoms with van der Waals surface area (Å²) in [6.45, 7) is 2.02. The number of ether oxygens (including phenoxy) is 1. The standard InChI is InChI=1S/C20H15NO4/c1-14-5-7-15(8-6-14)16-9-11-17(12-10-16)20(22)25-19-4-2-3-18(13-19)21(23)24/h2-13H,1H3. The minimum Gasteiger partial charge on any atom is -0.423 e. The molecule has 0 aliphatic heterocycles. The summed E-state index contributed by atoms with van der Waals surface area (Å²) in [4.78, 5) is 22.4. The van der Waals surface area contributed by atoms with Crippen LogP contribution in [0, 0.1) is 17.0 Å². The number of carbonyl (C=O) groups is 1. The van der Waals surface area contributed by atoms with Crippen LogP contribution in [-0.4, -0.2) is 10.9 Å². The highest BCUT2D eigenvalue weighted by Crippen LogP contribution is 2.22. The Morgan fingerprint density at radius 3 is 2.12 bits per heavy atom. The Morgan fingerprint density at radius 1 is 0.920 bits per heavy atom. The molecule has 0 amide bonds. The second kappa shape index (κ2) is 6.97. The van der Waals surface area contributed by atoms with E-state index in [-0.39, 0.29) is 11.4 Å². The van der Waals surface area contributed by atoms with E-state index in [0.717, 1.165) is 11.1 Å². The molecule has 3 rings (SSSR count). The van der Waals surface area contributed by atoms with Crippen LogP contribution >= 0.6 is 0 Å². The van der Waals surface area contributed by atoms with Gasteiger partial charge in [-0.25, -0.2) is 4.79 Å². The normalized spacial score (nSPS) is 10.3. The van der Waals surface area contributed by atoms with Gasteiger partial charge in [0.05, 0.1) is 16.6 Å². The zero-order valence-electron chi connectivity index (χ0n) is 13.5. The number of esters is 1. The van der Waals surface area contributed by atoms with E-state index in [1.165, 1.54) is 29.8 Å². The summed E-state index contributed by atoms with van der Waals surface area (Å²) in [6.07, 6.45) is 0. The van der Waals surface area contributed by atoms with Crippen molar-refractivity contribution in [3.63, 3.8) is 0 Å². The molecule has 25 heavy (non-hydrogen) atoms. The summed E-state index contributed by atoms with van der Waals surface area (Å²) >= 11 is 0. The van der Waals surface area contributed by atoms with Gasteiger partial charge in [-0.2, -0.15) is 0 Å². The van der Waals surface area contributed by atoms with Crippen LogP contribution in [0.1, 0.15) is 15.9 Å². The van der Waals surface area contributed by atoms with E-state index >= 15 is 0 Å². The number of aryl methyl sites for hydroxylation is 1. The number of nitrogens with zero attached hydrogens (tertiary/aromatic N) is 1. The molecule has 0 N–H and O–H groups in total. The van der Waals surface area contributed by atoms with E-state index in [4.69, 9.17) is 4.74 Å². The molecule has 0 saturated carbocycles. The van der Waals surface area contributed by atoms with Crippen LogP contribution in [0.2, 0.25) is 0 Å². The van der Waals surface area contributed by atoms with Gasteiger partial charge < -0.3 is 4.74 Å². The van der Waals surface area contributed by atoms with Gasteiger partial charge in [-0.3, -0.25) is 10.1 Å². The first-order chi connectivity index (χ1) is 12.0. The molecule has 3 aromatic carbocycles. The fourth-order valence-corrected chi connectivity index (χ4v) is 2.37. The number of nitro benzene ring substituents is 1. The zero-order valence-corrected chi connectivity index (χ0v) is 13.5. The third-order valence-corrected chi connectivity index (χ3v) is 3.74. The van der Waals surface area contributed by atoms with Crippen molar-refractivity contribution in [1.29, 1.82) is 0 Å². The number of carbonyl (C=O) groups excluding carboxylic acids is 1. The summed E-state index contributed by atoms with van der Waals surface area (Å²) in [5, 5.41) is 10.8. The fourth-order valence-electron chi connectivity index (χ4n) is 2.37. The quantitative estimate of drug-likeness (QED) is 0.298. The summed E-state index contributed by atoms with van der Waals surface area (Å²) in [5.74, 6) is -0.419. The Hall–Kier alpha value is -3.47. The lowest BCUT2D eigenvalue weighted by Crippen LogP contribution is -2.08. The molecule has 0 atom stereocenters. The molecule has 5 nitrogen and oxygen atoms in total. The fraction of sp³-hybridized carbons (Fsp3) is 0.0500. The molecule has 0 saturated heterocycles. The van der Waals surface area contributed by atoms with Gasteiger partial charge in [0.25, 0.3) is 5.69 Å². The van der Waals surface area contributed by atoms with E-state index in [2.05, 4.69) is 0 Å². The lowest BCUT2D eigenvalue weighted by Gasteiger charge is -2.06. The van der Waals surface area contributed by atoms with Crippen molar-refractivity contribution in [2.75, 3.05) is 0 Å². The van der Waals surface area contributed by atoms with Gasteiger partial charge in [0.1, 0.15) is 5.75 Å². The molecule has 0 bridgehead atoms. The molecule has 0 spiro atoms. The van der Waals surface area contributed by atoms with E-state index in [9.17, 15) is 14.9 Å². The number of hydrogen-bond donors (Lipinski definition) is 0. The number of nitro groups is 1. The molecule has 0 aliphatic carbocycles. The van der Waals surface area contributed by atoms with Gasteiger partial charge in [0.15, 0.2) is 0 Å². The number of hydrogen-bond acceptors (Lipinski definition) is 4. The van der Waals surface area contributed by atoms with E-state index in [0.29, 0.717) is 5.56 Å². The number of rotatable bonds is 4. The minimum absolute atomic E-state index is 0.125. The average Bonchev–Trinajstić information content (AvgIpc) is 2.63. The average molecular weight is 333 g/mol. The molecular weight excluding hydrogens is 318 g/mol. The van der Waals surface area contributed by atoms with Crippen molar-refractivity contribution in [3.8, 4) is 16.9 Å². The van der Waals surface area contributed by atoms with Crippen LogP contribution in [0.4, 0.5) is 5.69 Å². The Kier molecular flexibility index (Phi) is 4.57. The molecular formula is C20H15NO4. The maximum atomic E-state index is 12.2. The SMILES string of the molecule is Cc1ccc(-c2ccc(C(=O)Oc3cccc([N+](=O)[O-])c3)cc2)cc1. The zero-order chi connectivity index (χ0) is 17.8. The molecule has 0 heterocycles. The molecule has 3 aromatic rings. The van der Waals surface area contributed by atoms with Crippen LogP contribution in [0.15, 0.2) is 72.8 Å². The van der Waals surface area contributed by atoms with Crippen LogP contribution in [0.25, 0.3) is 11.1 Å². The van der Waals surface area contributed by atoms with Gasteiger partial charge in [-0.1, -0.05) is 48.0 Å². The van der Waals surface area contributed by atoms with Crippen molar-refractivity contribution < 1.29 is 14.5 Å². The van der Waals surface area contributed by atoms with Gasteiger partial charge in [-0.15, -0.1) is 0 Å². The predicted molar refractivity (Wildman–Crippen MR) is 94.7 cm³/mol. The molecule has 124 valence electrons. The maximum Gasteiger partial charge on any atom is 0.343 e. The minimum atomic E-state index is -0.559. The highest BCUT2D eigenvalue weighted by molar-refractivity contribution is 5.91. The highest BCUT2D eigenvalue weighted by atomic mass is 16.6. The molecule has 0 unspecified atom stereocenters. The highest BCUT2D eigenvalue weighted by Gasteiger charge is 2.12. The summed E-state index contributed by atoms with van der Waals surface area (Å²) < 4.78 is 5.21. The monoisotopic (exact) mass is 333 g/mol. The predicted octanol–water partition coefficient (Wildman–Crippen LogP) is 4.79. The molecule has 0 aliphatic rings. The topological polar surface area (TPSA) is 69.4 Å². The first-order valence-electron chi connectivity index (χ1n) is 7.67. The van der Waals surface area contributed by atoms with E-state index < -0.39 is 10.9 Å². The van der Waals surface area contributed by atoms with Crippen molar-refractivity contribution in [1.82, 2.24) is 0 Å².